The van der Waals surface area contributed by atoms with E-state index >= 15 is 0 Å². The Hall–Kier alpha value is -1.81. The summed E-state index contributed by atoms with van der Waals surface area (Å²) in [6.07, 6.45) is 3.62. The molecular formula is C12H9N3S. The zero-order chi connectivity index (χ0) is 11.0. The van der Waals surface area contributed by atoms with Crippen LogP contribution < -0.4 is 0 Å². The van der Waals surface area contributed by atoms with Gasteiger partial charge in [0, 0.05) is 11.6 Å². The second-order valence-electron chi connectivity index (χ2n) is 3.55. The molecule has 0 N–H and O–H groups in total. The average molecular weight is 227 g/mol. The topological polar surface area (TPSA) is 38.7 Å². The van der Waals surface area contributed by atoms with Crippen LogP contribution in [0.3, 0.4) is 0 Å². The molecule has 2 heterocycles. The first-order chi connectivity index (χ1) is 7.83. The van der Waals surface area contributed by atoms with E-state index in [1.165, 1.54) is 10.4 Å². The summed E-state index contributed by atoms with van der Waals surface area (Å²) < 4.78 is 0. The van der Waals surface area contributed by atoms with Gasteiger partial charge in [-0.2, -0.15) is 10.2 Å². The Morgan fingerprint density at radius 3 is 2.94 bits per heavy atom. The predicted molar refractivity (Wildman–Crippen MR) is 65.4 cm³/mol. The van der Waals surface area contributed by atoms with E-state index in [9.17, 15) is 0 Å². The first-order valence-electron chi connectivity index (χ1n) is 4.97. The van der Waals surface area contributed by atoms with Crippen LogP contribution in [0, 0.1) is 6.92 Å². The molecule has 0 aliphatic heterocycles. The molecule has 0 saturated heterocycles. The van der Waals surface area contributed by atoms with Crippen molar-refractivity contribution in [3.05, 3.63) is 41.7 Å². The molecule has 0 saturated carbocycles. The molecule has 0 aliphatic carbocycles. The van der Waals surface area contributed by atoms with Gasteiger partial charge in [0.1, 0.15) is 0 Å². The third kappa shape index (κ3) is 1.57. The molecule has 0 spiro atoms. The fourth-order valence-corrected chi connectivity index (χ4v) is 2.41. The summed E-state index contributed by atoms with van der Waals surface area (Å²) >= 11 is 1.70. The van der Waals surface area contributed by atoms with Crippen LogP contribution in [-0.2, 0) is 0 Å². The van der Waals surface area contributed by atoms with E-state index in [0.29, 0.717) is 0 Å². The molecule has 0 fully saturated rings. The zero-order valence-corrected chi connectivity index (χ0v) is 9.53. The molecular weight excluding hydrogens is 218 g/mol. The number of aryl methyl sites for hydroxylation is 1. The number of nitrogens with zero attached hydrogens (tertiary/aromatic N) is 3. The van der Waals surface area contributed by atoms with Crippen molar-refractivity contribution in [2.45, 2.75) is 6.92 Å². The molecule has 78 valence electrons. The highest BCUT2D eigenvalue weighted by Gasteiger charge is 2.03. The zero-order valence-electron chi connectivity index (χ0n) is 8.71. The largest absolute Gasteiger partial charge is 0.249 e. The first kappa shape index (κ1) is 9.42. The van der Waals surface area contributed by atoms with Crippen molar-refractivity contribution in [3.63, 3.8) is 0 Å². The van der Waals surface area contributed by atoms with Crippen molar-refractivity contribution in [1.29, 1.82) is 0 Å². The smallest absolute Gasteiger partial charge is 0.0930 e. The molecule has 0 unspecified atom stereocenters. The number of rotatable bonds is 1. The lowest BCUT2D eigenvalue weighted by molar-refractivity contribution is 1.08. The van der Waals surface area contributed by atoms with Gasteiger partial charge in [-0.15, -0.1) is 11.3 Å². The fraction of sp³-hybridized carbons (Fsp3) is 0.0833. The molecule has 0 atom stereocenters. The van der Waals surface area contributed by atoms with Crippen molar-refractivity contribution < 1.29 is 0 Å². The summed E-state index contributed by atoms with van der Waals surface area (Å²) in [4.78, 5) is 5.45. The maximum absolute atomic E-state index is 4.26. The lowest BCUT2D eigenvalue weighted by Crippen LogP contribution is -1.82. The van der Waals surface area contributed by atoms with Gasteiger partial charge in [-0.05, 0) is 30.7 Å². The van der Waals surface area contributed by atoms with E-state index in [0.717, 1.165) is 15.9 Å². The summed E-state index contributed by atoms with van der Waals surface area (Å²) in [5, 5.41) is 10.1. The van der Waals surface area contributed by atoms with Gasteiger partial charge in [0.05, 0.1) is 21.6 Å². The van der Waals surface area contributed by atoms with Crippen LogP contribution in [0.15, 0.2) is 36.7 Å². The van der Waals surface area contributed by atoms with Gasteiger partial charge < -0.3 is 0 Å². The summed E-state index contributed by atoms with van der Waals surface area (Å²) in [5.74, 6) is 0. The lowest BCUT2D eigenvalue weighted by Gasteiger charge is -1.99. The van der Waals surface area contributed by atoms with Crippen LogP contribution in [0.2, 0.25) is 0 Å². The minimum Gasteiger partial charge on any atom is -0.249 e. The van der Waals surface area contributed by atoms with Gasteiger partial charge in [-0.25, -0.2) is 4.98 Å². The Morgan fingerprint density at radius 2 is 2.12 bits per heavy atom. The van der Waals surface area contributed by atoms with E-state index in [2.05, 4.69) is 27.3 Å². The molecule has 0 aliphatic rings. The molecule has 2 aromatic heterocycles. The van der Waals surface area contributed by atoms with Crippen molar-refractivity contribution in [2.75, 3.05) is 0 Å². The molecule has 0 amide bonds. The Morgan fingerprint density at radius 1 is 1.19 bits per heavy atom. The highest BCUT2D eigenvalue weighted by Crippen LogP contribution is 2.27. The van der Waals surface area contributed by atoms with Crippen molar-refractivity contribution in [3.8, 4) is 10.4 Å². The van der Waals surface area contributed by atoms with Crippen LogP contribution in [0.1, 0.15) is 5.01 Å². The molecule has 0 bridgehead atoms. The first-order valence-corrected chi connectivity index (χ1v) is 5.79. The molecule has 3 rings (SSSR count). The third-order valence-corrected chi connectivity index (χ3v) is 3.38. The van der Waals surface area contributed by atoms with Gasteiger partial charge >= 0.3 is 0 Å². The number of thiazole rings is 1. The predicted octanol–water partition coefficient (Wildman–Crippen LogP) is 3.06. The Labute approximate surface area is 96.8 Å². The van der Waals surface area contributed by atoms with E-state index in [-0.39, 0.29) is 0 Å². The fourth-order valence-electron chi connectivity index (χ4n) is 1.64. The quantitative estimate of drug-likeness (QED) is 0.641. The second kappa shape index (κ2) is 3.64. The van der Waals surface area contributed by atoms with Gasteiger partial charge in [0.2, 0.25) is 0 Å². The Balaban J connectivity index is 2.18. The molecule has 1 aromatic carbocycles. The normalized spacial score (nSPS) is 10.8. The SMILES string of the molecule is Cc1ncc(-c2ccc3nnccc3c2)s1. The molecule has 0 radical (unpaired) electrons. The lowest BCUT2D eigenvalue weighted by atomic mass is 10.1. The summed E-state index contributed by atoms with van der Waals surface area (Å²) in [5.41, 5.74) is 2.11. The highest BCUT2D eigenvalue weighted by atomic mass is 32.1. The second-order valence-corrected chi connectivity index (χ2v) is 4.78. The van der Waals surface area contributed by atoms with E-state index < -0.39 is 0 Å². The Bertz CT molecular complexity index is 645. The molecule has 3 nitrogen and oxygen atoms in total. The van der Waals surface area contributed by atoms with Crippen molar-refractivity contribution in [2.24, 2.45) is 0 Å². The number of benzene rings is 1. The highest BCUT2D eigenvalue weighted by molar-refractivity contribution is 7.15. The number of aromatic nitrogens is 3. The van der Waals surface area contributed by atoms with Gasteiger partial charge in [0.15, 0.2) is 0 Å². The number of hydrogen-bond donors (Lipinski definition) is 0. The van der Waals surface area contributed by atoms with Crippen LogP contribution in [0.5, 0.6) is 0 Å². The maximum Gasteiger partial charge on any atom is 0.0930 e. The Kier molecular flexibility index (Phi) is 2.15. The van der Waals surface area contributed by atoms with Crippen molar-refractivity contribution in [1.82, 2.24) is 15.2 Å². The summed E-state index contributed by atoms with van der Waals surface area (Å²) in [6.45, 7) is 2.01. The number of hydrogen-bond acceptors (Lipinski definition) is 4. The van der Waals surface area contributed by atoms with E-state index in [4.69, 9.17) is 0 Å². The summed E-state index contributed by atoms with van der Waals surface area (Å²) in [6, 6.07) is 8.15. The standard InChI is InChI=1S/C12H9N3S/c1-8-13-7-12(16-8)10-2-3-11-9(6-10)4-5-14-15-11/h2-7H,1H3. The van der Waals surface area contributed by atoms with Crippen molar-refractivity contribution >= 4 is 22.2 Å². The average Bonchev–Trinajstić information content (AvgIpc) is 2.75. The minimum absolute atomic E-state index is 0.924. The molecule has 16 heavy (non-hydrogen) atoms. The molecule has 4 heteroatoms. The van der Waals surface area contributed by atoms with Crippen LogP contribution in [-0.4, -0.2) is 15.2 Å². The van der Waals surface area contributed by atoms with E-state index in [1.54, 1.807) is 17.5 Å². The maximum atomic E-state index is 4.26. The number of fused-ring (bicyclic) bond motifs is 1. The van der Waals surface area contributed by atoms with Crippen LogP contribution in [0.4, 0.5) is 0 Å². The van der Waals surface area contributed by atoms with Gasteiger partial charge in [0.25, 0.3) is 0 Å². The minimum atomic E-state index is 0.924. The van der Waals surface area contributed by atoms with Gasteiger partial charge in [-0.3, -0.25) is 0 Å². The molecule has 3 aromatic rings. The summed E-state index contributed by atoms with van der Waals surface area (Å²) in [7, 11) is 0. The van der Waals surface area contributed by atoms with Crippen LogP contribution in [0.25, 0.3) is 21.3 Å². The third-order valence-electron chi connectivity index (χ3n) is 2.42. The van der Waals surface area contributed by atoms with Crippen LogP contribution >= 0.6 is 11.3 Å². The van der Waals surface area contributed by atoms with E-state index in [1.807, 2.05) is 25.3 Å². The van der Waals surface area contributed by atoms with Gasteiger partial charge in [-0.1, -0.05) is 6.07 Å². The monoisotopic (exact) mass is 227 g/mol.